The molecule has 0 saturated carbocycles. The molecule has 5 heteroatoms. The van der Waals surface area contributed by atoms with Gasteiger partial charge in [-0.25, -0.2) is 4.39 Å². The molecule has 0 aromatic heterocycles. The van der Waals surface area contributed by atoms with Gasteiger partial charge in [0.1, 0.15) is 6.61 Å². The molecule has 1 aromatic carbocycles. The van der Waals surface area contributed by atoms with Crippen molar-refractivity contribution in [2.24, 2.45) is 0 Å². The van der Waals surface area contributed by atoms with Gasteiger partial charge in [-0.2, -0.15) is 4.39 Å². The van der Waals surface area contributed by atoms with Crippen LogP contribution in [0.5, 0.6) is 5.75 Å². The Bertz CT molecular complexity index is 331. The number of nitrogen functional groups attached to an aromatic ring is 1. The van der Waals surface area contributed by atoms with E-state index in [9.17, 15) is 8.78 Å². The normalized spacial score (nSPS) is 10.3. The minimum absolute atomic E-state index is 0.0744. The minimum atomic E-state index is -1.06. The number of nitrogens with two attached hydrogens (primary N) is 1. The quantitative estimate of drug-likeness (QED) is 0.605. The van der Waals surface area contributed by atoms with Crippen molar-refractivity contribution in [3.63, 3.8) is 0 Å². The van der Waals surface area contributed by atoms with Crippen molar-refractivity contribution in [1.82, 2.24) is 0 Å². The number of halogens is 2. The van der Waals surface area contributed by atoms with E-state index < -0.39 is 11.6 Å². The molecule has 84 valence electrons. The summed E-state index contributed by atoms with van der Waals surface area (Å²) in [5.74, 6) is -2.29. The van der Waals surface area contributed by atoms with Crippen LogP contribution < -0.4 is 10.5 Å². The molecule has 0 heterocycles. The van der Waals surface area contributed by atoms with Crippen molar-refractivity contribution in [2.75, 3.05) is 25.6 Å². The van der Waals surface area contributed by atoms with Gasteiger partial charge in [0.25, 0.3) is 0 Å². The summed E-state index contributed by atoms with van der Waals surface area (Å²) in [6, 6.07) is 2.22. The van der Waals surface area contributed by atoms with E-state index in [4.69, 9.17) is 15.2 Å². The van der Waals surface area contributed by atoms with E-state index >= 15 is 0 Å². The Labute approximate surface area is 86.8 Å². The molecule has 3 nitrogen and oxygen atoms in total. The van der Waals surface area contributed by atoms with Crippen LogP contribution in [0.4, 0.5) is 14.5 Å². The predicted octanol–water partition coefficient (Wildman–Crippen LogP) is 1.96. The lowest BCUT2D eigenvalue weighted by molar-refractivity contribution is 0.108. The highest BCUT2D eigenvalue weighted by Crippen LogP contribution is 2.26. The molecular formula is C10H13F2NO2. The Morgan fingerprint density at radius 3 is 2.67 bits per heavy atom. The zero-order chi connectivity index (χ0) is 11.3. The maximum atomic E-state index is 13.2. The molecule has 1 rings (SSSR count). The van der Waals surface area contributed by atoms with Crippen LogP contribution in [0.1, 0.15) is 6.92 Å². The highest BCUT2D eigenvalue weighted by molar-refractivity contribution is 5.53. The lowest BCUT2D eigenvalue weighted by atomic mass is 10.3. The fourth-order valence-corrected chi connectivity index (χ4v) is 1.04. The lowest BCUT2D eigenvalue weighted by Gasteiger charge is -2.09. The van der Waals surface area contributed by atoms with Crippen LogP contribution in [0.25, 0.3) is 0 Å². The summed E-state index contributed by atoms with van der Waals surface area (Å²) in [5.41, 5.74) is 5.51. The van der Waals surface area contributed by atoms with Gasteiger partial charge in [-0.05, 0) is 19.1 Å². The highest BCUT2D eigenvalue weighted by atomic mass is 19.2. The Balaban J connectivity index is 2.63. The van der Waals surface area contributed by atoms with E-state index in [1.165, 1.54) is 6.07 Å². The summed E-state index contributed by atoms with van der Waals surface area (Å²) in [6.07, 6.45) is 0. The fourth-order valence-electron chi connectivity index (χ4n) is 1.04. The second kappa shape index (κ2) is 5.50. The van der Waals surface area contributed by atoms with Gasteiger partial charge in [0.05, 0.1) is 12.3 Å². The van der Waals surface area contributed by atoms with E-state index in [-0.39, 0.29) is 18.0 Å². The van der Waals surface area contributed by atoms with E-state index in [0.717, 1.165) is 6.07 Å². The molecule has 0 radical (unpaired) electrons. The van der Waals surface area contributed by atoms with Crippen LogP contribution in [0.2, 0.25) is 0 Å². The topological polar surface area (TPSA) is 44.5 Å². The average molecular weight is 217 g/mol. The summed E-state index contributed by atoms with van der Waals surface area (Å²) in [6.45, 7) is 2.83. The zero-order valence-electron chi connectivity index (χ0n) is 8.43. The molecular weight excluding hydrogens is 204 g/mol. The third-order valence-corrected chi connectivity index (χ3v) is 1.76. The summed E-state index contributed by atoms with van der Waals surface area (Å²) >= 11 is 0. The molecule has 0 fully saturated rings. The minimum Gasteiger partial charge on any atom is -0.486 e. The van der Waals surface area contributed by atoms with Crippen LogP contribution in [-0.2, 0) is 4.74 Å². The Morgan fingerprint density at radius 2 is 2.00 bits per heavy atom. The highest BCUT2D eigenvalue weighted by Gasteiger charge is 2.12. The molecule has 1 aromatic rings. The third-order valence-electron chi connectivity index (χ3n) is 1.76. The Hall–Kier alpha value is -1.36. The smallest absolute Gasteiger partial charge is 0.202 e. The average Bonchev–Trinajstić information content (AvgIpc) is 2.23. The summed E-state index contributed by atoms with van der Waals surface area (Å²) in [7, 11) is 0. The van der Waals surface area contributed by atoms with Gasteiger partial charge in [0.2, 0.25) is 5.82 Å². The Kier molecular flexibility index (Phi) is 4.30. The zero-order valence-corrected chi connectivity index (χ0v) is 8.43. The molecule has 0 aliphatic heterocycles. The van der Waals surface area contributed by atoms with Crippen molar-refractivity contribution in [2.45, 2.75) is 6.92 Å². The number of ether oxygens (including phenoxy) is 2. The second-order valence-electron chi connectivity index (χ2n) is 2.83. The van der Waals surface area contributed by atoms with Gasteiger partial charge in [-0.15, -0.1) is 0 Å². The molecule has 0 atom stereocenters. The number of hydrogen-bond acceptors (Lipinski definition) is 3. The largest absolute Gasteiger partial charge is 0.486 e. The number of benzene rings is 1. The summed E-state index contributed by atoms with van der Waals surface area (Å²) in [5, 5.41) is 0. The van der Waals surface area contributed by atoms with Gasteiger partial charge in [-0.1, -0.05) is 0 Å². The number of anilines is 1. The molecule has 0 saturated heterocycles. The summed E-state index contributed by atoms with van der Waals surface area (Å²) < 4.78 is 35.9. The fraction of sp³-hybridized carbons (Fsp3) is 0.400. The van der Waals surface area contributed by atoms with E-state index in [2.05, 4.69) is 0 Å². The molecule has 0 amide bonds. The van der Waals surface area contributed by atoms with Gasteiger partial charge in [-0.3, -0.25) is 0 Å². The van der Waals surface area contributed by atoms with Crippen LogP contribution in [-0.4, -0.2) is 19.8 Å². The first-order valence-electron chi connectivity index (χ1n) is 4.60. The van der Waals surface area contributed by atoms with Crippen LogP contribution in [0.15, 0.2) is 12.1 Å². The molecule has 0 aliphatic rings. The van der Waals surface area contributed by atoms with Crippen molar-refractivity contribution in [1.29, 1.82) is 0 Å². The predicted molar refractivity (Wildman–Crippen MR) is 52.8 cm³/mol. The Morgan fingerprint density at radius 1 is 1.27 bits per heavy atom. The van der Waals surface area contributed by atoms with Gasteiger partial charge >= 0.3 is 0 Å². The molecule has 0 aliphatic carbocycles. The molecule has 0 unspecified atom stereocenters. The van der Waals surface area contributed by atoms with Crippen LogP contribution >= 0.6 is 0 Å². The first kappa shape index (κ1) is 11.7. The van der Waals surface area contributed by atoms with Crippen molar-refractivity contribution < 1.29 is 18.3 Å². The molecule has 15 heavy (non-hydrogen) atoms. The van der Waals surface area contributed by atoms with E-state index in [1.807, 2.05) is 6.92 Å². The molecule has 0 bridgehead atoms. The number of hydrogen-bond donors (Lipinski definition) is 1. The summed E-state index contributed by atoms with van der Waals surface area (Å²) in [4.78, 5) is 0. The van der Waals surface area contributed by atoms with Crippen molar-refractivity contribution in [3.05, 3.63) is 23.8 Å². The first-order valence-corrected chi connectivity index (χ1v) is 4.60. The molecule has 2 N–H and O–H groups in total. The maximum absolute atomic E-state index is 13.2. The van der Waals surface area contributed by atoms with Crippen molar-refractivity contribution >= 4 is 5.69 Å². The first-order chi connectivity index (χ1) is 7.16. The number of rotatable bonds is 5. The molecule has 0 spiro atoms. The van der Waals surface area contributed by atoms with Crippen molar-refractivity contribution in [3.8, 4) is 5.75 Å². The third kappa shape index (κ3) is 3.06. The van der Waals surface area contributed by atoms with Crippen LogP contribution in [0.3, 0.4) is 0 Å². The second-order valence-corrected chi connectivity index (χ2v) is 2.83. The maximum Gasteiger partial charge on any atom is 0.202 e. The monoisotopic (exact) mass is 217 g/mol. The van der Waals surface area contributed by atoms with Gasteiger partial charge < -0.3 is 15.2 Å². The van der Waals surface area contributed by atoms with E-state index in [0.29, 0.717) is 13.2 Å². The van der Waals surface area contributed by atoms with Gasteiger partial charge in [0, 0.05) is 6.61 Å². The standard InChI is InChI=1S/C10H13F2NO2/c1-2-14-5-6-15-10-8(13)4-3-7(11)9(10)12/h3-4H,2,5-6,13H2,1H3. The lowest BCUT2D eigenvalue weighted by Crippen LogP contribution is -2.09. The van der Waals surface area contributed by atoms with Gasteiger partial charge in [0.15, 0.2) is 11.6 Å². The van der Waals surface area contributed by atoms with Crippen LogP contribution in [0, 0.1) is 11.6 Å². The SMILES string of the molecule is CCOCCOc1c(N)ccc(F)c1F. The van der Waals surface area contributed by atoms with E-state index in [1.54, 1.807) is 0 Å².